The average Bonchev–Trinajstić information content (AvgIpc) is 3.95. The molecule has 55 heavy (non-hydrogen) atoms. The molecule has 0 aliphatic rings. The first-order valence-electron chi connectivity index (χ1n) is 17.9. The van der Waals surface area contributed by atoms with E-state index in [4.69, 9.17) is 11.5 Å². The van der Waals surface area contributed by atoms with E-state index in [1.807, 2.05) is 78.9 Å². The molecule has 5 amide bonds. The van der Waals surface area contributed by atoms with Crippen LogP contribution in [0.4, 0.5) is 0 Å². The Hall–Kier alpha value is -6.74. The number of hydrogen-bond donors (Lipinski definition) is 9. The van der Waals surface area contributed by atoms with E-state index in [-0.39, 0.29) is 25.7 Å². The number of imidazole rings is 1. The van der Waals surface area contributed by atoms with E-state index in [1.165, 1.54) is 13.3 Å². The van der Waals surface area contributed by atoms with Crippen LogP contribution in [-0.2, 0) is 49.7 Å². The highest BCUT2D eigenvalue weighted by Crippen LogP contribution is 2.21. The second-order valence-electron chi connectivity index (χ2n) is 13.5. The molecule has 0 fully saturated rings. The minimum Gasteiger partial charge on any atom is -0.368 e. The van der Waals surface area contributed by atoms with Crippen LogP contribution in [0.2, 0.25) is 0 Å². The predicted molar refractivity (Wildman–Crippen MR) is 207 cm³/mol. The van der Waals surface area contributed by atoms with Crippen LogP contribution < -0.4 is 32.7 Å². The first-order chi connectivity index (χ1) is 26.5. The summed E-state index contributed by atoms with van der Waals surface area (Å²) >= 11 is 0. The fraction of sp³-hybridized carbons (Fsp3) is 0.250. The maximum Gasteiger partial charge on any atom is 0.243 e. The van der Waals surface area contributed by atoms with Crippen molar-refractivity contribution < 1.29 is 24.0 Å². The maximum absolute atomic E-state index is 13.9. The number of fused-ring (bicyclic) bond motifs is 2. The fourth-order valence-electron chi connectivity index (χ4n) is 6.49. The van der Waals surface area contributed by atoms with Crippen molar-refractivity contribution in [3.8, 4) is 0 Å². The van der Waals surface area contributed by atoms with Gasteiger partial charge in [-0.2, -0.15) is 0 Å². The van der Waals surface area contributed by atoms with Crippen molar-refractivity contribution in [2.24, 2.45) is 11.5 Å². The molecule has 5 atom stereocenters. The third-order valence-electron chi connectivity index (χ3n) is 9.49. The van der Waals surface area contributed by atoms with Gasteiger partial charge >= 0.3 is 0 Å². The highest BCUT2D eigenvalue weighted by molar-refractivity contribution is 5.96. The summed E-state index contributed by atoms with van der Waals surface area (Å²) < 4.78 is 0. The van der Waals surface area contributed by atoms with E-state index in [1.54, 1.807) is 18.6 Å². The number of rotatable bonds is 17. The SMILES string of the molecule is C[C@H](NC(=O)[C@@H](Cc1c[nH]c2ccccc12)NC(=O)[C@@H](N)Cc1cnc[nH]1)C(=O)N[C@@H](Cc1c[nH]c2ccccc12)C(=O)N[C@H](Cc1ccccc1)C(N)=O. The lowest BCUT2D eigenvalue weighted by atomic mass is 10.0. The molecule has 3 heterocycles. The molecule has 15 heteroatoms. The molecule has 284 valence electrons. The average molecular weight is 745 g/mol. The summed E-state index contributed by atoms with van der Waals surface area (Å²) in [6, 6.07) is 18.7. The van der Waals surface area contributed by atoms with Gasteiger partial charge in [0.15, 0.2) is 0 Å². The topological polar surface area (TPSA) is 246 Å². The third kappa shape index (κ3) is 9.63. The molecule has 6 aromatic rings. The van der Waals surface area contributed by atoms with Crippen LogP contribution in [0.3, 0.4) is 0 Å². The number of aromatic amines is 3. The number of nitrogens with zero attached hydrogens (tertiary/aromatic N) is 1. The van der Waals surface area contributed by atoms with Gasteiger partial charge in [0, 0.05) is 71.8 Å². The van der Waals surface area contributed by atoms with Crippen molar-refractivity contribution in [3.63, 3.8) is 0 Å². The third-order valence-corrected chi connectivity index (χ3v) is 9.49. The smallest absolute Gasteiger partial charge is 0.243 e. The molecule has 0 unspecified atom stereocenters. The van der Waals surface area contributed by atoms with Gasteiger partial charge in [0.05, 0.1) is 12.4 Å². The van der Waals surface area contributed by atoms with Crippen molar-refractivity contribution in [1.82, 2.24) is 41.2 Å². The van der Waals surface area contributed by atoms with Gasteiger partial charge in [-0.3, -0.25) is 24.0 Å². The number of aromatic nitrogens is 4. The van der Waals surface area contributed by atoms with E-state index in [2.05, 4.69) is 41.2 Å². The molecule has 0 saturated carbocycles. The van der Waals surface area contributed by atoms with Crippen LogP contribution >= 0.6 is 0 Å². The van der Waals surface area contributed by atoms with Gasteiger partial charge < -0.3 is 47.7 Å². The number of hydrogen-bond acceptors (Lipinski definition) is 7. The van der Waals surface area contributed by atoms with Crippen LogP contribution in [0, 0.1) is 0 Å². The Bertz CT molecular complexity index is 2270. The molecule has 0 radical (unpaired) electrons. The summed E-state index contributed by atoms with van der Waals surface area (Å²) in [6.45, 7) is 1.48. The molecule has 15 nitrogen and oxygen atoms in total. The molecular weight excluding hydrogens is 701 g/mol. The van der Waals surface area contributed by atoms with Gasteiger partial charge in [-0.15, -0.1) is 0 Å². The van der Waals surface area contributed by atoms with Crippen LogP contribution in [0.1, 0.15) is 29.3 Å². The Balaban J connectivity index is 1.19. The van der Waals surface area contributed by atoms with E-state index in [0.717, 1.165) is 38.5 Å². The van der Waals surface area contributed by atoms with Crippen LogP contribution in [0.15, 0.2) is 104 Å². The Morgan fingerprint density at radius 2 is 1.15 bits per heavy atom. The monoisotopic (exact) mass is 744 g/mol. The molecule has 11 N–H and O–H groups in total. The number of amides is 5. The first-order valence-corrected chi connectivity index (χ1v) is 17.9. The zero-order chi connectivity index (χ0) is 38.9. The number of nitrogens with two attached hydrogens (primary N) is 2. The lowest BCUT2D eigenvalue weighted by molar-refractivity contribution is -0.134. The number of benzene rings is 3. The van der Waals surface area contributed by atoms with Crippen molar-refractivity contribution in [3.05, 3.63) is 126 Å². The Morgan fingerprint density at radius 1 is 0.618 bits per heavy atom. The van der Waals surface area contributed by atoms with Crippen LogP contribution in [0.25, 0.3) is 21.8 Å². The van der Waals surface area contributed by atoms with E-state index in [9.17, 15) is 24.0 Å². The molecule has 0 bridgehead atoms. The standard InChI is InChI=1S/C40H44N10O5/c1-23(47-39(54)34(16-25-19-44-31-13-7-5-11-28(25)31)50-38(53)30(41)18-27-21-43-22-46-27)37(52)49-35(17-26-20-45-32-14-8-6-12-29(26)32)40(55)48-33(36(42)51)15-24-9-3-2-4-10-24/h2-14,19-23,30,33-35,44-45H,15-18,41H2,1H3,(H2,42,51)(H,43,46)(H,47,54)(H,48,55)(H,49,52)(H,50,53)/t23-,30-,33+,34+,35-/m0/s1. The second kappa shape index (κ2) is 17.4. The Kier molecular flexibility index (Phi) is 12.0. The van der Waals surface area contributed by atoms with Crippen molar-refractivity contribution >= 4 is 51.3 Å². The minimum atomic E-state index is -1.16. The summed E-state index contributed by atoms with van der Waals surface area (Å²) in [7, 11) is 0. The largest absolute Gasteiger partial charge is 0.368 e. The van der Waals surface area contributed by atoms with Crippen molar-refractivity contribution in [2.45, 2.75) is 62.8 Å². The quantitative estimate of drug-likeness (QED) is 0.0664. The number of nitrogens with one attached hydrogen (secondary N) is 7. The van der Waals surface area contributed by atoms with E-state index in [0.29, 0.717) is 5.69 Å². The normalized spacial score (nSPS) is 14.0. The summed E-state index contributed by atoms with van der Waals surface area (Å²) in [6.07, 6.45) is 7.03. The Labute approximate surface area is 316 Å². The lowest BCUT2D eigenvalue weighted by Crippen LogP contribution is -2.59. The highest BCUT2D eigenvalue weighted by atomic mass is 16.2. The highest BCUT2D eigenvalue weighted by Gasteiger charge is 2.31. The van der Waals surface area contributed by atoms with Crippen molar-refractivity contribution in [2.75, 3.05) is 0 Å². The number of H-pyrrole nitrogens is 3. The van der Waals surface area contributed by atoms with Crippen LogP contribution in [-0.4, -0.2) is 79.7 Å². The van der Waals surface area contributed by atoms with Gasteiger partial charge in [0.1, 0.15) is 24.2 Å². The second-order valence-corrected chi connectivity index (χ2v) is 13.5. The number of carbonyl (C=O) groups is 5. The summed E-state index contributed by atoms with van der Waals surface area (Å²) in [5.41, 5.74) is 16.6. The molecule has 0 spiro atoms. The molecular formula is C40H44N10O5. The summed E-state index contributed by atoms with van der Waals surface area (Å²) in [4.78, 5) is 80.6. The van der Waals surface area contributed by atoms with Crippen molar-refractivity contribution in [1.29, 1.82) is 0 Å². The van der Waals surface area contributed by atoms with Gasteiger partial charge in [0.2, 0.25) is 29.5 Å². The van der Waals surface area contributed by atoms with Gasteiger partial charge in [-0.1, -0.05) is 66.7 Å². The zero-order valence-electron chi connectivity index (χ0n) is 30.2. The van der Waals surface area contributed by atoms with E-state index >= 15 is 0 Å². The molecule has 0 aliphatic carbocycles. The fourth-order valence-corrected chi connectivity index (χ4v) is 6.49. The molecule has 3 aromatic carbocycles. The predicted octanol–water partition coefficient (Wildman–Crippen LogP) is 1.41. The number of para-hydroxylation sites is 2. The van der Waals surface area contributed by atoms with Gasteiger partial charge in [-0.25, -0.2) is 4.98 Å². The zero-order valence-corrected chi connectivity index (χ0v) is 30.2. The van der Waals surface area contributed by atoms with Gasteiger partial charge in [0.25, 0.3) is 0 Å². The maximum atomic E-state index is 13.9. The van der Waals surface area contributed by atoms with Crippen LogP contribution in [0.5, 0.6) is 0 Å². The first kappa shape index (κ1) is 38.0. The number of primary amides is 1. The summed E-state index contributed by atoms with van der Waals surface area (Å²) in [5.74, 6) is -3.23. The molecule has 0 aliphatic heterocycles. The molecule has 6 rings (SSSR count). The number of carbonyl (C=O) groups excluding carboxylic acids is 5. The molecule has 3 aromatic heterocycles. The Morgan fingerprint density at radius 3 is 1.71 bits per heavy atom. The lowest BCUT2D eigenvalue weighted by Gasteiger charge is -2.25. The molecule has 0 saturated heterocycles. The summed E-state index contributed by atoms with van der Waals surface area (Å²) in [5, 5.41) is 12.7. The minimum absolute atomic E-state index is 0.0620. The van der Waals surface area contributed by atoms with Gasteiger partial charge in [-0.05, 0) is 35.7 Å². The van der Waals surface area contributed by atoms with E-state index < -0.39 is 59.7 Å².